The minimum absolute atomic E-state index is 0.201. The fourth-order valence-electron chi connectivity index (χ4n) is 1.26. The van der Waals surface area contributed by atoms with Gasteiger partial charge in [-0.15, -0.1) is 0 Å². The highest BCUT2D eigenvalue weighted by atomic mass is 16.4. The zero-order valence-corrected chi connectivity index (χ0v) is 10.6. The molecule has 0 spiro atoms. The highest BCUT2D eigenvalue weighted by Crippen LogP contribution is 1.94. The molecule has 1 unspecified atom stereocenters. The van der Waals surface area contributed by atoms with E-state index in [1.807, 2.05) is 0 Å². The summed E-state index contributed by atoms with van der Waals surface area (Å²) in [7, 11) is 0. The van der Waals surface area contributed by atoms with E-state index in [4.69, 9.17) is 26.5 Å². The summed E-state index contributed by atoms with van der Waals surface area (Å²) in [5, 5.41) is 37.9. The fourth-order valence-corrected chi connectivity index (χ4v) is 1.26. The fraction of sp³-hybridized carbons (Fsp3) is 0.600. The number of guanidine groups is 1. The molecular weight excluding hydrogens is 272 g/mol. The lowest BCUT2D eigenvalue weighted by atomic mass is 10.2. The second-order valence-corrected chi connectivity index (χ2v) is 4.02. The van der Waals surface area contributed by atoms with Crippen molar-refractivity contribution < 1.29 is 29.7 Å². The first kappa shape index (κ1) is 17.6. The van der Waals surface area contributed by atoms with Gasteiger partial charge in [0, 0.05) is 6.54 Å². The van der Waals surface area contributed by atoms with Gasteiger partial charge in [0.1, 0.15) is 12.1 Å². The minimum Gasteiger partial charge on any atom is -0.481 e. The Morgan fingerprint density at radius 2 is 1.75 bits per heavy atom. The molecule has 8 N–H and O–H groups in total. The van der Waals surface area contributed by atoms with Gasteiger partial charge in [0.25, 0.3) is 0 Å². The van der Waals surface area contributed by atoms with Crippen LogP contribution in [-0.4, -0.2) is 57.8 Å². The van der Waals surface area contributed by atoms with Crippen LogP contribution in [0.4, 0.5) is 0 Å². The van der Waals surface area contributed by atoms with Crippen molar-refractivity contribution in [2.24, 2.45) is 5.73 Å². The van der Waals surface area contributed by atoms with Gasteiger partial charge in [0.2, 0.25) is 0 Å². The van der Waals surface area contributed by atoms with Gasteiger partial charge >= 0.3 is 17.9 Å². The molecule has 0 aliphatic carbocycles. The van der Waals surface area contributed by atoms with Crippen LogP contribution < -0.4 is 16.4 Å². The lowest BCUT2D eigenvalue weighted by Gasteiger charge is -2.15. The van der Waals surface area contributed by atoms with Crippen LogP contribution >= 0.6 is 0 Å². The average Bonchev–Trinajstić information content (AvgIpc) is 2.32. The van der Waals surface area contributed by atoms with Crippen LogP contribution in [0.2, 0.25) is 0 Å². The van der Waals surface area contributed by atoms with Crippen LogP contribution in [-0.2, 0) is 14.4 Å². The van der Waals surface area contributed by atoms with Crippen molar-refractivity contribution in [1.82, 2.24) is 10.6 Å². The Morgan fingerprint density at radius 3 is 2.20 bits per heavy atom. The Kier molecular flexibility index (Phi) is 7.67. The van der Waals surface area contributed by atoms with E-state index >= 15 is 0 Å². The van der Waals surface area contributed by atoms with Gasteiger partial charge < -0.3 is 31.7 Å². The molecule has 0 fully saturated rings. The van der Waals surface area contributed by atoms with E-state index in [0.717, 1.165) is 0 Å². The molecule has 0 aromatic heterocycles. The third kappa shape index (κ3) is 7.87. The summed E-state index contributed by atoms with van der Waals surface area (Å²) in [6.45, 7) is 0.215. The predicted octanol–water partition coefficient (Wildman–Crippen LogP) is -1.78. The maximum atomic E-state index is 10.7. The van der Waals surface area contributed by atoms with Gasteiger partial charge in [0.15, 0.2) is 5.96 Å². The maximum Gasteiger partial charge on any atom is 0.326 e. The Bertz CT molecular complexity index is 386. The highest BCUT2D eigenvalue weighted by molar-refractivity contribution is 5.86. The minimum atomic E-state index is -1.41. The van der Waals surface area contributed by atoms with E-state index in [9.17, 15) is 14.4 Å². The summed E-state index contributed by atoms with van der Waals surface area (Å²) < 4.78 is 0. The second kappa shape index (κ2) is 8.69. The molecule has 10 heteroatoms. The molecule has 0 saturated carbocycles. The molecule has 0 heterocycles. The number of rotatable bonds is 9. The number of carboxylic acid groups (broad SMARTS) is 3. The van der Waals surface area contributed by atoms with Crippen molar-refractivity contribution in [3.05, 3.63) is 0 Å². The number of hydrogen-bond donors (Lipinski definition) is 7. The van der Waals surface area contributed by atoms with Gasteiger partial charge in [-0.3, -0.25) is 15.0 Å². The molecule has 0 aliphatic rings. The Balaban J connectivity index is 4.00. The van der Waals surface area contributed by atoms with Crippen LogP contribution in [0.1, 0.15) is 19.3 Å². The lowest BCUT2D eigenvalue weighted by Crippen LogP contribution is -2.47. The normalized spacial score (nSPS) is 13.1. The van der Waals surface area contributed by atoms with Gasteiger partial charge in [-0.05, 0) is 12.8 Å². The number of carboxylic acids is 3. The zero-order chi connectivity index (χ0) is 15.7. The summed E-state index contributed by atoms with van der Waals surface area (Å²) in [4.78, 5) is 31.6. The molecule has 0 rings (SSSR count). The topological polar surface area (TPSA) is 186 Å². The highest BCUT2D eigenvalue weighted by Gasteiger charge is 2.21. The van der Waals surface area contributed by atoms with Gasteiger partial charge in [0.05, 0.1) is 6.42 Å². The van der Waals surface area contributed by atoms with Crippen molar-refractivity contribution in [1.29, 1.82) is 5.41 Å². The molecule has 0 aromatic carbocycles. The quantitative estimate of drug-likeness (QED) is 0.146. The van der Waals surface area contributed by atoms with Gasteiger partial charge in [-0.1, -0.05) is 0 Å². The van der Waals surface area contributed by atoms with Crippen LogP contribution in [0.15, 0.2) is 0 Å². The third-order valence-electron chi connectivity index (χ3n) is 2.31. The third-order valence-corrected chi connectivity index (χ3v) is 2.31. The molecule has 0 saturated heterocycles. The molecule has 0 amide bonds. The van der Waals surface area contributed by atoms with E-state index in [1.165, 1.54) is 0 Å². The standard InChI is InChI=1S/C10H18N4O6/c11-5(8(17)18)2-1-3-13-10(12)14-6(9(19)20)4-7(15)16/h5-6H,1-4,11H2,(H,15,16)(H,17,18)(H,19,20)(H3,12,13,14)/t5-,6?/m0/s1. The molecule has 0 radical (unpaired) electrons. The van der Waals surface area contributed by atoms with Crippen molar-refractivity contribution >= 4 is 23.9 Å². The van der Waals surface area contributed by atoms with Gasteiger partial charge in [-0.25, -0.2) is 4.79 Å². The zero-order valence-electron chi connectivity index (χ0n) is 10.6. The molecule has 0 aromatic rings. The molecule has 0 aliphatic heterocycles. The number of nitrogens with two attached hydrogens (primary N) is 1. The van der Waals surface area contributed by atoms with Crippen LogP contribution in [0.25, 0.3) is 0 Å². The average molecular weight is 290 g/mol. The van der Waals surface area contributed by atoms with Crippen molar-refractivity contribution in [3.63, 3.8) is 0 Å². The Labute approximate surface area is 114 Å². The molecule has 10 nitrogen and oxygen atoms in total. The van der Waals surface area contributed by atoms with E-state index in [1.54, 1.807) is 0 Å². The van der Waals surface area contributed by atoms with E-state index in [2.05, 4.69) is 10.6 Å². The van der Waals surface area contributed by atoms with Crippen LogP contribution in [0, 0.1) is 5.41 Å². The van der Waals surface area contributed by atoms with Crippen molar-refractivity contribution in [3.8, 4) is 0 Å². The van der Waals surface area contributed by atoms with Crippen molar-refractivity contribution in [2.45, 2.75) is 31.3 Å². The summed E-state index contributed by atoms with van der Waals surface area (Å²) in [5.74, 6) is -4.15. The Hall–Kier alpha value is -2.36. The summed E-state index contributed by atoms with van der Waals surface area (Å²) in [6.07, 6.45) is -0.0927. The van der Waals surface area contributed by atoms with Crippen LogP contribution in [0.3, 0.4) is 0 Å². The number of nitrogens with one attached hydrogen (secondary N) is 3. The summed E-state index contributed by atoms with van der Waals surface area (Å²) in [5.41, 5.74) is 5.27. The number of carbonyl (C=O) groups is 3. The van der Waals surface area contributed by atoms with E-state index in [-0.39, 0.29) is 18.9 Å². The number of hydrogen-bond acceptors (Lipinski definition) is 5. The van der Waals surface area contributed by atoms with Gasteiger partial charge in [-0.2, -0.15) is 0 Å². The SMILES string of the molecule is N=C(NCCC[C@H](N)C(=O)O)NC(CC(=O)O)C(=O)O. The van der Waals surface area contributed by atoms with E-state index in [0.29, 0.717) is 6.42 Å². The molecule has 0 bridgehead atoms. The molecule has 20 heavy (non-hydrogen) atoms. The monoisotopic (exact) mass is 290 g/mol. The van der Waals surface area contributed by atoms with Crippen LogP contribution in [0.5, 0.6) is 0 Å². The smallest absolute Gasteiger partial charge is 0.326 e. The summed E-state index contributed by atoms with van der Waals surface area (Å²) in [6, 6.07) is -2.40. The number of aliphatic carboxylic acids is 3. The van der Waals surface area contributed by atoms with E-state index < -0.39 is 36.4 Å². The Morgan fingerprint density at radius 1 is 1.15 bits per heavy atom. The first-order valence-electron chi connectivity index (χ1n) is 5.76. The largest absolute Gasteiger partial charge is 0.481 e. The first-order chi connectivity index (χ1) is 9.23. The lowest BCUT2D eigenvalue weighted by molar-refractivity contribution is -0.145. The maximum absolute atomic E-state index is 10.7. The molecule has 114 valence electrons. The second-order valence-electron chi connectivity index (χ2n) is 4.02. The predicted molar refractivity (Wildman–Crippen MR) is 67.4 cm³/mol. The molecule has 2 atom stereocenters. The molecular formula is C10H18N4O6. The van der Waals surface area contributed by atoms with Crippen molar-refractivity contribution in [2.75, 3.05) is 6.54 Å². The summed E-state index contributed by atoms with van der Waals surface area (Å²) >= 11 is 0. The first-order valence-corrected chi connectivity index (χ1v) is 5.76.